The molecule has 6 heteroatoms. The van der Waals surface area contributed by atoms with E-state index >= 15 is 0 Å². The number of nitrogens with zero attached hydrogens (tertiary/aromatic N) is 1. The number of aromatic nitrogens is 1. The van der Waals surface area contributed by atoms with Crippen LogP contribution in [0, 0.1) is 5.92 Å². The van der Waals surface area contributed by atoms with E-state index < -0.39 is 0 Å². The minimum atomic E-state index is -0.166. The second-order valence-electron chi connectivity index (χ2n) is 4.26. The van der Waals surface area contributed by atoms with Crippen molar-refractivity contribution in [2.45, 2.75) is 12.8 Å². The average Bonchev–Trinajstić information content (AvgIpc) is 2.38. The van der Waals surface area contributed by atoms with E-state index in [1.54, 1.807) is 12.3 Å². The molecule has 1 aromatic rings. The molecule has 2 heterocycles. The highest BCUT2D eigenvalue weighted by molar-refractivity contribution is 5.98. The summed E-state index contributed by atoms with van der Waals surface area (Å²) >= 11 is 0. The van der Waals surface area contributed by atoms with Gasteiger partial charge in [-0.25, -0.2) is 0 Å². The number of halogens is 1. The van der Waals surface area contributed by atoms with Crippen molar-refractivity contribution in [3.05, 3.63) is 24.0 Å². The van der Waals surface area contributed by atoms with Gasteiger partial charge in [-0.05, 0) is 24.8 Å². The number of nitrogens with one attached hydrogen (secondary N) is 1. The van der Waals surface area contributed by atoms with Crippen molar-refractivity contribution >= 4 is 24.0 Å². The summed E-state index contributed by atoms with van der Waals surface area (Å²) in [6.45, 7) is 2.19. The summed E-state index contributed by atoms with van der Waals surface area (Å²) < 4.78 is 5.36. The fourth-order valence-corrected chi connectivity index (χ4v) is 1.90. The fourth-order valence-electron chi connectivity index (χ4n) is 1.90. The summed E-state index contributed by atoms with van der Waals surface area (Å²) in [6, 6.07) is 1.62. The number of hydrogen-bond acceptors (Lipinski definition) is 4. The minimum absolute atomic E-state index is 0. The quantitative estimate of drug-likeness (QED) is 0.867. The molecule has 1 atom stereocenters. The maximum atomic E-state index is 11.8. The molecule has 5 nitrogen and oxygen atoms in total. The molecule has 1 amide bonds. The number of ether oxygens (including phenoxy) is 1. The van der Waals surface area contributed by atoms with Gasteiger partial charge < -0.3 is 15.8 Å². The maximum absolute atomic E-state index is 11.8. The Balaban J connectivity index is 0.00000162. The summed E-state index contributed by atoms with van der Waals surface area (Å²) in [7, 11) is 0. The van der Waals surface area contributed by atoms with Gasteiger partial charge in [0.1, 0.15) is 0 Å². The van der Waals surface area contributed by atoms with Gasteiger partial charge in [0.15, 0.2) is 0 Å². The third-order valence-corrected chi connectivity index (χ3v) is 2.91. The van der Waals surface area contributed by atoms with Gasteiger partial charge in [0.2, 0.25) is 0 Å². The molecule has 1 unspecified atom stereocenters. The summed E-state index contributed by atoms with van der Waals surface area (Å²) in [4.78, 5) is 15.7. The first-order chi connectivity index (χ1) is 8.27. The van der Waals surface area contributed by atoms with Gasteiger partial charge in [-0.2, -0.15) is 0 Å². The lowest BCUT2D eigenvalue weighted by Gasteiger charge is -2.22. The van der Waals surface area contributed by atoms with Crippen LogP contribution in [0.3, 0.4) is 0 Å². The first kappa shape index (κ1) is 14.7. The highest BCUT2D eigenvalue weighted by atomic mass is 35.5. The van der Waals surface area contributed by atoms with Crippen LogP contribution < -0.4 is 11.1 Å². The highest BCUT2D eigenvalue weighted by Gasteiger charge is 2.16. The summed E-state index contributed by atoms with van der Waals surface area (Å²) in [6.07, 6.45) is 5.22. The van der Waals surface area contributed by atoms with Gasteiger partial charge in [0.05, 0.1) is 12.2 Å². The second-order valence-corrected chi connectivity index (χ2v) is 4.26. The number of pyridine rings is 1. The maximum Gasteiger partial charge on any atom is 0.254 e. The summed E-state index contributed by atoms with van der Waals surface area (Å²) in [5, 5.41) is 2.87. The number of nitrogen functional groups attached to an aromatic ring is 1. The second kappa shape index (κ2) is 7.18. The SMILES string of the molecule is Cl.Nc1ccncc1C(=O)NCC1CCCOC1. The van der Waals surface area contributed by atoms with Gasteiger partial charge in [0.25, 0.3) is 5.91 Å². The van der Waals surface area contributed by atoms with Crippen molar-refractivity contribution in [3.63, 3.8) is 0 Å². The monoisotopic (exact) mass is 271 g/mol. The largest absolute Gasteiger partial charge is 0.398 e. The molecule has 2 rings (SSSR count). The number of nitrogens with two attached hydrogens (primary N) is 1. The zero-order valence-corrected chi connectivity index (χ0v) is 10.9. The molecule has 1 saturated heterocycles. The first-order valence-electron chi connectivity index (χ1n) is 5.83. The van der Waals surface area contributed by atoms with E-state index in [1.807, 2.05) is 0 Å². The van der Waals surface area contributed by atoms with Crippen molar-refractivity contribution < 1.29 is 9.53 Å². The Bertz CT molecular complexity index is 395. The molecule has 1 fully saturated rings. The molecule has 1 aromatic heterocycles. The standard InChI is InChI=1S/C12H17N3O2.ClH/c13-11-3-4-14-7-10(11)12(16)15-6-9-2-1-5-17-8-9;/h3-4,7,9H,1-2,5-6,8H2,(H2,13,14)(H,15,16);1H. The molecule has 0 saturated carbocycles. The molecule has 1 aliphatic rings. The normalized spacial score (nSPS) is 18.8. The molecule has 18 heavy (non-hydrogen) atoms. The number of hydrogen-bond donors (Lipinski definition) is 2. The average molecular weight is 272 g/mol. The van der Waals surface area contributed by atoms with E-state index in [9.17, 15) is 4.79 Å². The lowest BCUT2D eigenvalue weighted by atomic mass is 10.0. The van der Waals surface area contributed by atoms with E-state index in [2.05, 4.69) is 10.3 Å². The number of anilines is 1. The van der Waals surface area contributed by atoms with Crippen LogP contribution in [0.1, 0.15) is 23.2 Å². The van der Waals surface area contributed by atoms with Crippen molar-refractivity contribution in [2.75, 3.05) is 25.5 Å². The van der Waals surface area contributed by atoms with E-state index in [0.717, 1.165) is 26.1 Å². The van der Waals surface area contributed by atoms with Crippen LogP contribution in [-0.4, -0.2) is 30.6 Å². The summed E-state index contributed by atoms with van der Waals surface area (Å²) in [5.74, 6) is 0.242. The Kier molecular flexibility index (Phi) is 5.88. The van der Waals surface area contributed by atoms with Gasteiger partial charge in [0, 0.05) is 31.2 Å². The van der Waals surface area contributed by atoms with Crippen molar-refractivity contribution in [1.82, 2.24) is 10.3 Å². The minimum Gasteiger partial charge on any atom is -0.398 e. The third-order valence-electron chi connectivity index (χ3n) is 2.91. The van der Waals surface area contributed by atoms with E-state index in [0.29, 0.717) is 23.7 Å². The molecule has 100 valence electrons. The van der Waals surface area contributed by atoms with Crippen LogP contribution in [0.25, 0.3) is 0 Å². The van der Waals surface area contributed by atoms with Gasteiger partial charge in [-0.3, -0.25) is 9.78 Å². The Labute approximate surface area is 113 Å². The van der Waals surface area contributed by atoms with E-state index in [1.165, 1.54) is 6.20 Å². The smallest absolute Gasteiger partial charge is 0.254 e. The Hall–Kier alpha value is -1.33. The Morgan fingerprint density at radius 2 is 2.44 bits per heavy atom. The Morgan fingerprint density at radius 3 is 3.11 bits per heavy atom. The topological polar surface area (TPSA) is 77.2 Å². The van der Waals surface area contributed by atoms with Crippen molar-refractivity contribution in [3.8, 4) is 0 Å². The van der Waals surface area contributed by atoms with Crippen LogP contribution in [0.4, 0.5) is 5.69 Å². The van der Waals surface area contributed by atoms with Crippen LogP contribution in [0.15, 0.2) is 18.5 Å². The van der Waals surface area contributed by atoms with Gasteiger partial charge in [-0.1, -0.05) is 0 Å². The number of carbonyl (C=O) groups is 1. The zero-order valence-electron chi connectivity index (χ0n) is 10.1. The van der Waals surface area contributed by atoms with Crippen LogP contribution in [0.2, 0.25) is 0 Å². The molecule has 0 bridgehead atoms. The highest BCUT2D eigenvalue weighted by Crippen LogP contribution is 2.13. The lowest BCUT2D eigenvalue weighted by molar-refractivity contribution is 0.0536. The van der Waals surface area contributed by atoms with E-state index in [4.69, 9.17) is 10.5 Å². The van der Waals surface area contributed by atoms with Gasteiger partial charge in [-0.15, -0.1) is 12.4 Å². The van der Waals surface area contributed by atoms with Crippen molar-refractivity contribution in [2.24, 2.45) is 5.92 Å². The third kappa shape index (κ3) is 3.85. The van der Waals surface area contributed by atoms with Crippen LogP contribution in [-0.2, 0) is 4.74 Å². The van der Waals surface area contributed by atoms with E-state index in [-0.39, 0.29) is 18.3 Å². The first-order valence-corrected chi connectivity index (χ1v) is 5.83. The van der Waals surface area contributed by atoms with Crippen molar-refractivity contribution in [1.29, 1.82) is 0 Å². The fraction of sp³-hybridized carbons (Fsp3) is 0.500. The number of carbonyl (C=O) groups excluding carboxylic acids is 1. The summed E-state index contributed by atoms with van der Waals surface area (Å²) in [5.41, 5.74) is 6.60. The zero-order chi connectivity index (χ0) is 12.1. The predicted octanol–water partition coefficient (Wildman–Crippen LogP) is 1.24. The molecular formula is C12H18ClN3O2. The molecular weight excluding hydrogens is 254 g/mol. The molecule has 0 spiro atoms. The number of rotatable bonds is 3. The van der Waals surface area contributed by atoms with Crippen LogP contribution in [0.5, 0.6) is 0 Å². The molecule has 0 radical (unpaired) electrons. The molecule has 0 aliphatic carbocycles. The Morgan fingerprint density at radius 1 is 1.61 bits per heavy atom. The molecule has 1 aliphatic heterocycles. The van der Waals surface area contributed by atoms with Gasteiger partial charge >= 0.3 is 0 Å². The number of amides is 1. The molecule has 3 N–H and O–H groups in total. The molecule has 0 aromatic carbocycles. The van der Waals surface area contributed by atoms with Crippen LogP contribution >= 0.6 is 12.4 Å². The lowest BCUT2D eigenvalue weighted by Crippen LogP contribution is -2.33. The predicted molar refractivity (Wildman–Crippen MR) is 71.8 cm³/mol.